The van der Waals surface area contributed by atoms with Crippen molar-refractivity contribution in [2.45, 2.75) is 49.3 Å². The second-order valence-corrected chi connectivity index (χ2v) is 12.4. The summed E-state index contributed by atoms with van der Waals surface area (Å²) in [5.41, 5.74) is 2.40. The van der Waals surface area contributed by atoms with Gasteiger partial charge in [-0.2, -0.15) is 10.6 Å². The Morgan fingerprint density at radius 1 is 1.18 bits per heavy atom. The summed E-state index contributed by atoms with van der Waals surface area (Å²) >= 11 is 0. The van der Waals surface area contributed by atoms with Gasteiger partial charge >= 0.3 is 6.03 Å². The summed E-state index contributed by atoms with van der Waals surface area (Å²) in [6.45, 7) is 7.88. The average molecular weight is 556 g/mol. The SMILES string of the molecule is CCNC(=O)Nc1ccc(-c2nc(N3CCOC[C@@H]3C)cc(C3(S(O)(O)c4ccc(F)cc4C)CC3)n2)cc1. The molecule has 1 atom stereocenters. The van der Waals surface area contributed by atoms with Crippen LogP contribution in [0.5, 0.6) is 0 Å². The number of aromatic nitrogens is 2. The first kappa shape index (κ1) is 27.3. The van der Waals surface area contributed by atoms with Crippen LogP contribution >= 0.6 is 10.6 Å². The van der Waals surface area contributed by atoms with E-state index in [1.807, 2.05) is 25.1 Å². The molecular formula is C28H34FN5O4S. The van der Waals surface area contributed by atoms with Gasteiger partial charge in [0.15, 0.2) is 5.82 Å². The molecule has 1 aliphatic heterocycles. The van der Waals surface area contributed by atoms with E-state index in [9.17, 15) is 18.3 Å². The van der Waals surface area contributed by atoms with Crippen molar-refractivity contribution in [1.29, 1.82) is 0 Å². The lowest BCUT2D eigenvalue weighted by molar-refractivity contribution is 0.0985. The number of hydrogen-bond acceptors (Lipinski definition) is 7. The van der Waals surface area contributed by atoms with Crippen molar-refractivity contribution >= 4 is 28.1 Å². The number of hydrogen-bond donors (Lipinski definition) is 4. The molecule has 1 saturated carbocycles. The highest BCUT2D eigenvalue weighted by Crippen LogP contribution is 2.75. The number of urea groups is 1. The number of morpholine rings is 1. The smallest absolute Gasteiger partial charge is 0.319 e. The molecule has 39 heavy (non-hydrogen) atoms. The molecule has 2 amide bonds. The number of ether oxygens (including phenoxy) is 1. The molecule has 2 fully saturated rings. The largest absolute Gasteiger partial charge is 0.377 e. The fourth-order valence-corrected chi connectivity index (χ4v) is 7.25. The van der Waals surface area contributed by atoms with Gasteiger partial charge in [-0.15, -0.1) is 0 Å². The van der Waals surface area contributed by atoms with Crippen molar-refractivity contribution in [2.75, 3.05) is 36.5 Å². The van der Waals surface area contributed by atoms with Gasteiger partial charge in [0.05, 0.1) is 29.8 Å². The summed E-state index contributed by atoms with van der Waals surface area (Å²) in [4.78, 5) is 24.1. The number of carbonyl (C=O) groups excluding carboxylic acids is 1. The number of halogens is 1. The molecule has 3 aromatic rings. The molecule has 9 nitrogen and oxygen atoms in total. The van der Waals surface area contributed by atoms with Crippen molar-refractivity contribution < 1.29 is 23.0 Å². The van der Waals surface area contributed by atoms with Crippen molar-refractivity contribution in [2.24, 2.45) is 0 Å². The van der Waals surface area contributed by atoms with E-state index >= 15 is 0 Å². The number of benzene rings is 2. The molecule has 1 aliphatic carbocycles. The second kappa shape index (κ2) is 10.7. The molecule has 5 rings (SSSR count). The molecule has 208 valence electrons. The Bertz CT molecular complexity index is 1370. The lowest BCUT2D eigenvalue weighted by Gasteiger charge is -2.42. The highest BCUT2D eigenvalue weighted by molar-refractivity contribution is 8.25. The molecular weight excluding hydrogens is 521 g/mol. The normalized spacial score (nSPS) is 18.9. The quantitative estimate of drug-likeness (QED) is 0.293. The van der Waals surface area contributed by atoms with E-state index in [4.69, 9.17) is 14.7 Å². The van der Waals surface area contributed by atoms with Gasteiger partial charge in [0.1, 0.15) is 16.4 Å². The van der Waals surface area contributed by atoms with Crippen LogP contribution < -0.4 is 15.5 Å². The Hall–Kier alpha value is -3.25. The highest BCUT2D eigenvalue weighted by Gasteiger charge is 2.58. The zero-order valence-corrected chi connectivity index (χ0v) is 23.1. The van der Waals surface area contributed by atoms with Crippen molar-refractivity contribution in [3.8, 4) is 11.4 Å². The zero-order chi connectivity index (χ0) is 27.8. The highest BCUT2D eigenvalue weighted by atomic mass is 32.3. The minimum atomic E-state index is -3.37. The molecule has 2 aliphatic rings. The van der Waals surface area contributed by atoms with E-state index in [1.54, 1.807) is 19.1 Å². The number of aryl methyl sites for hydroxylation is 1. The number of nitrogens with one attached hydrogen (secondary N) is 2. The first-order valence-corrected chi connectivity index (χ1v) is 14.6. The third-order valence-electron chi connectivity index (χ3n) is 7.27. The Labute approximate surface area is 229 Å². The fourth-order valence-electron chi connectivity index (χ4n) is 4.99. The zero-order valence-electron chi connectivity index (χ0n) is 22.3. The molecule has 0 radical (unpaired) electrons. The fraction of sp³-hybridized carbons (Fsp3) is 0.393. The van der Waals surface area contributed by atoms with Gasteiger partial charge < -0.3 is 20.3 Å². The maximum atomic E-state index is 13.8. The standard InChI is InChI=1S/C28H34FN5O4S/c1-4-30-27(35)31-22-8-5-20(6-9-22)26-32-24(16-25(33-26)34-13-14-38-17-19(34)3)28(11-12-28)39(36,37)23-10-7-21(29)15-18(23)2/h5-10,15-16,19,36-37H,4,11-14,17H2,1-3H3,(H2,30,31,35)/t19-/m0/s1. The molecule has 4 N–H and O–H groups in total. The maximum Gasteiger partial charge on any atom is 0.319 e. The van der Waals surface area contributed by atoms with E-state index in [-0.39, 0.29) is 12.1 Å². The summed E-state index contributed by atoms with van der Waals surface area (Å²) in [5, 5.41) is 5.48. The Morgan fingerprint density at radius 2 is 1.92 bits per heavy atom. The van der Waals surface area contributed by atoms with E-state index in [0.29, 0.717) is 72.6 Å². The van der Waals surface area contributed by atoms with Crippen LogP contribution in [-0.2, 0) is 9.48 Å². The molecule has 1 aromatic heterocycles. The summed E-state index contributed by atoms with van der Waals surface area (Å²) in [7, 11) is -3.37. The first-order valence-electron chi connectivity index (χ1n) is 13.1. The molecule has 1 saturated heterocycles. The topological polar surface area (TPSA) is 120 Å². The molecule has 11 heteroatoms. The first-order chi connectivity index (χ1) is 18.6. The van der Waals surface area contributed by atoms with Crippen LogP contribution in [0.25, 0.3) is 11.4 Å². The molecule has 0 unspecified atom stereocenters. The third-order valence-corrected chi connectivity index (χ3v) is 10.1. The van der Waals surface area contributed by atoms with E-state index < -0.39 is 21.2 Å². The van der Waals surface area contributed by atoms with Crippen LogP contribution in [0.15, 0.2) is 53.4 Å². The predicted octanol–water partition coefficient (Wildman–Crippen LogP) is 5.76. The summed E-state index contributed by atoms with van der Waals surface area (Å²) in [6, 6.07) is 12.9. The van der Waals surface area contributed by atoms with Gasteiger partial charge in [-0.25, -0.2) is 19.2 Å². The Morgan fingerprint density at radius 3 is 2.56 bits per heavy atom. The molecule has 2 aromatic carbocycles. The average Bonchev–Trinajstić information content (AvgIpc) is 3.72. The minimum absolute atomic E-state index is 0.0767. The van der Waals surface area contributed by atoms with Gasteiger partial charge in [0.2, 0.25) is 0 Å². The number of carbonyl (C=O) groups is 1. The Balaban J connectivity index is 1.57. The number of amides is 2. The number of nitrogens with zero attached hydrogens (tertiary/aromatic N) is 3. The third kappa shape index (κ3) is 5.31. The Kier molecular flexibility index (Phi) is 7.51. The summed E-state index contributed by atoms with van der Waals surface area (Å²) in [5.74, 6) is 0.713. The van der Waals surface area contributed by atoms with Crippen LogP contribution in [-0.4, -0.2) is 57.4 Å². The van der Waals surface area contributed by atoms with Gasteiger partial charge in [-0.3, -0.25) is 9.11 Å². The maximum absolute atomic E-state index is 13.8. The molecule has 2 heterocycles. The van der Waals surface area contributed by atoms with Crippen LogP contribution in [0.3, 0.4) is 0 Å². The van der Waals surface area contributed by atoms with Crippen LogP contribution in [0.2, 0.25) is 0 Å². The van der Waals surface area contributed by atoms with E-state index in [2.05, 4.69) is 22.5 Å². The monoisotopic (exact) mass is 555 g/mol. The van der Waals surface area contributed by atoms with Gasteiger partial charge in [0, 0.05) is 30.4 Å². The molecule has 0 spiro atoms. The van der Waals surface area contributed by atoms with Crippen LogP contribution in [0, 0.1) is 12.7 Å². The van der Waals surface area contributed by atoms with Gasteiger partial charge in [-0.05, 0) is 81.6 Å². The predicted molar refractivity (Wildman–Crippen MR) is 151 cm³/mol. The second-order valence-electron chi connectivity index (χ2n) is 10.1. The number of anilines is 2. The van der Waals surface area contributed by atoms with Crippen LogP contribution in [0.4, 0.5) is 20.7 Å². The van der Waals surface area contributed by atoms with Crippen molar-refractivity contribution in [3.63, 3.8) is 0 Å². The molecule has 0 bridgehead atoms. The summed E-state index contributed by atoms with van der Waals surface area (Å²) < 4.78 is 41.8. The minimum Gasteiger partial charge on any atom is -0.377 e. The van der Waals surface area contributed by atoms with E-state index in [0.717, 1.165) is 5.56 Å². The van der Waals surface area contributed by atoms with Crippen molar-refractivity contribution in [3.05, 3.63) is 65.6 Å². The summed E-state index contributed by atoms with van der Waals surface area (Å²) in [6.07, 6.45) is 1.08. The van der Waals surface area contributed by atoms with Crippen LogP contribution in [0.1, 0.15) is 37.9 Å². The van der Waals surface area contributed by atoms with Gasteiger partial charge in [-0.1, -0.05) is 0 Å². The van der Waals surface area contributed by atoms with E-state index in [1.165, 1.54) is 18.2 Å². The lowest BCUT2D eigenvalue weighted by atomic mass is 10.1. The van der Waals surface area contributed by atoms with Crippen molar-refractivity contribution in [1.82, 2.24) is 15.3 Å². The number of rotatable bonds is 7. The lowest BCUT2D eigenvalue weighted by Crippen LogP contribution is -2.44. The van der Waals surface area contributed by atoms with Gasteiger partial charge in [0.25, 0.3) is 0 Å².